The molecule has 0 aliphatic heterocycles. The highest BCUT2D eigenvalue weighted by Gasteiger charge is 2.23. The van der Waals surface area contributed by atoms with Crippen LogP contribution in [0.3, 0.4) is 0 Å². The molecule has 2 aromatic carbocycles. The van der Waals surface area contributed by atoms with E-state index in [1.165, 1.54) is 26.5 Å². The molecular formula is C21H18N2O6. The first kappa shape index (κ1) is 19.8. The van der Waals surface area contributed by atoms with Crippen LogP contribution in [-0.2, 0) is 4.79 Å². The van der Waals surface area contributed by atoms with Crippen LogP contribution >= 0.6 is 0 Å². The van der Waals surface area contributed by atoms with Crippen molar-refractivity contribution in [3.63, 3.8) is 0 Å². The molecule has 0 aliphatic carbocycles. The first-order chi connectivity index (χ1) is 14.0. The SMILES string of the molecule is COc1cccc(/C=C(\C)C(=O)Oc2c([N+](=O)[O-])ccc3cccnc23)c1OC. The van der Waals surface area contributed by atoms with Gasteiger partial charge >= 0.3 is 11.7 Å². The van der Waals surface area contributed by atoms with Crippen LogP contribution in [0.25, 0.3) is 17.0 Å². The fourth-order valence-electron chi connectivity index (χ4n) is 2.84. The predicted octanol–water partition coefficient (Wildman–Crippen LogP) is 4.17. The van der Waals surface area contributed by atoms with Gasteiger partial charge in [0, 0.05) is 28.8 Å². The summed E-state index contributed by atoms with van der Waals surface area (Å²) in [6.45, 7) is 1.55. The number of hydrogen-bond acceptors (Lipinski definition) is 7. The Kier molecular flexibility index (Phi) is 5.73. The minimum absolute atomic E-state index is 0.191. The van der Waals surface area contributed by atoms with E-state index in [0.29, 0.717) is 22.4 Å². The number of rotatable bonds is 6. The predicted molar refractivity (Wildman–Crippen MR) is 107 cm³/mol. The number of nitrogens with zero attached hydrogens (tertiary/aromatic N) is 2. The van der Waals surface area contributed by atoms with Gasteiger partial charge in [-0.15, -0.1) is 0 Å². The maximum Gasteiger partial charge on any atom is 0.339 e. The molecule has 0 saturated heterocycles. The number of carbonyl (C=O) groups is 1. The Hall–Kier alpha value is -3.94. The number of ether oxygens (including phenoxy) is 3. The van der Waals surface area contributed by atoms with Crippen LogP contribution < -0.4 is 14.2 Å². The molecule has 0 saturated carbocycles. The van der Waals surface area contributed by atoms with Gasteiger partial charge in [0.1, 0.15) is 5.52 Å². The number of nitro groups is 1. The van der Waals surface area contributed by atoms with E-state index in [-0.39, 0.29) is 22.5 Å². The maximum atomic E-state index is 12.7. The molecule has 0 unspecified atom stereocenters. The molecule has 3 rings (SSSR count). The summed E-state index contributed by atoms with van der Waals surface area (Å²) < 4.78 is 16.0. The lowest BCUT2D eigenvalue weighted by Gasteiger charge is -2.11. The molecule has 0 spiro atoms. The summed E-state index contributed by atoms with van der Waals surface area (Å²) in [5.41, 5.74) is 0.726. The van der Waals surface area contributed by atoms with E-state index < -0.39 is 10.9 Å². The van der Waals surface area contributed by atoms with Crippen LogP contribution in [0.4, 0.5) is 5.69 Å². The Balaban J connectivity index is 2.00. The lowest BCUT2D eigenvalue weighted by atomic mass is 10.1. The van der Waals surface area contributed by atoms with Crippen molar-refractivity contribution in [1.29, 1.82) is 0 Å². The van der Waals surface area contributed by atoms with E-state index in [9.17, 15) is 14.9 Å². The van der Waals surface area contributed by atoms with E-state index in [4.69, 9.17) is 14.2 Å². The highest BCUT2D eigenvalue weighted by atomic mass is 16.6. The van der Waals surface area contributed by atoms with E-state index in [1.807, 2.05) is 0 Å². The third kappa shape index (κ3) is 4.01. The van der Waals surface area contributed by atoms with Crippen molar-refractivity contribution in [3.05, 3.63) is 69.9 Å². The molecule has 8 heteroatoms. The summed E-state index contributed by atoms with van der Waals surface area (Å²) in [5.74, 6) is 0.0378. The van der Waals surface area contributed by atoms with Gasteiger partial charge in [0.15, 0.2) is 11.5 Å². The fourth-order valence-corrected chi connectivity index (χ4v) is 2.84. The quantitative estimate of drug-likeness (QED) is 0.203. The third-order valence-corrected chi connectivity index (χ3v) is 4.23. The first-order valence-corrected chi connectivity index (χ1v) is 8.60. The molecule has 0 N–H and O–H groups in total. The van der Waals surface area contributed by atoms with Crippen LogP contribution in [-0.4, -0.2) is 30.1 Å². The highest BCUT2D eigenvalue weighted by molar-refractivity contribution is 5.98. The van der Waals surface area contributed by atoms with Crippen molar-refractivity contribution in [1.82, 2.24) is 4.98 Å². The molecule has 0 fully saturated rings. The van der Waals surface area contributed by atoms with Crippen LogP contribution in [0.15, 0.2) is 54.2 Å². The zero-order chi connectivity index (χ0) is 21.0. The molecule has 29 heavy (non-hydrogen) atoms. The molecule has 0 amide bonds. The fraction of sp³-hybridized carbons (Fsp3) is 0.143. The van der Waals surface area contributed by atoms with E-state index in [2.05, 4.69) is 4.98 Å². The number of fused-ring (bicyclic) bond motifs is 1. The lowest BCUT2D eigenvalue weighted by Crippen LogP contribution is -2.11. The minimum Gasteiger partial charge on any atom is -0.493 e. The first-order valence-electron chi connectivity index (χ1n) is 8.60. The number of nitro benzene ring substituents is 1. The number of pyridine rings is 1. The number of para-hydroxylation sites is 1. The Labute approximate surface area is 166 Å². The molecule has 148 valence electrons. The second-order valence-corrected chi connectivity index (χ2v) is 6.05. The molecule has 0 aliphatic rings. The third-order valence-electron chi connectivity index (χ3n) is 4.23. The standard InChI is InChI=1S/C21H18N2O6/c1-13(12-15-6-4-8-17(27-2)19(15)28-3)21(24)29-20-16(23(25)26)10-9-14-7-5-11-22-18(14)20/h4-12H,1-3H3/b13-12+. The van der Waals surface area contributed by atoms with E-state index in [1.54, 1.807) is 49.4 Å². The Morgan fingerprint density at radius 1 is 1.07 bits per heavy atom. The Morgan fingerprint density at radius 2 is 1.86 bits per heavy atom. The molecule has 3 aromatic rings. The smallest absolute Gasteiger partial charge is 0.339 e. The summed E-state index contributed by atoms with van der Waals surface area (Å²) in [4.78, 5) is 27.6. The van der Waals surface area contributed by atoms with Gasteiger partial charge in [-0.1, -0.05) is 18.2 Å². The van der Waals surface area contributed by atoms with Gasteiger partial charge in [0.25, 0.3) is 0 Å². The summed E-state index contributed by atoms with van der Waals surface area (Å²) in [5, 5.41) is 12.0. The van der Waals surface area contributed by atoms with Crippen molar-refractivity contribution in [3.8, 4) is 17.2 Å². The zero-order valence-corrected chi connectivity index (χ0v) is 16.0. The topological polar surface area (TPSA) is 101 Å². The minimum atomic E-state index is -0.740. The second kappa shape index (κ2) is 8.39. The summed E-state index contributed by atoms with van der Waals surface area (Å²) >= 11 is 0. The molecule has 1 heterocycles. The Bertz CT molecular complexity index is 1120. The monoisotopic (exact) mass is 394 g/mol. The van der Waals surface area contributed by atoms with Gasteiger partial charge in [-0.25, -0.2) is 4.79 Å². The van der Waals surface area contributed by atoms with Crippen molar-refractivity contribution in [2.45, 2.75) is 6.92 Å². The van der Waals surface area contributed by atoms with Gasteiger partial charge in [-0.3, -0.25) is 15.1 Å². The zero-order valence-electron chi connectivity index (χ0n) is 16.0. The lowest BCUT2D eigenvalue weighted by molar-refractivity contribution is -0.385. The van der Waals surface area contributed by atoms with Gasteiger partial charge in [0.05, 0.1) is 19.1 Å². The molecule has 0 bridgehead atoms. The number of benzene rings is 2. The van der Waals surface area contributed by atoms with Crippen LogP contribution in [0.2, 0.25) is 0 Å². The second-order valence-electron chi connectivity index (χ2n) is 6.05. The van der Waals surface area contributed by atoms with Gasteiger partial charge in [0.2, 0.25) is 5.75 Å². The van der Waals surface area contributed by atoms with Crippen molar-refractivity contribution in [2.24, 2.45) is 0 Å². The van der Waals surface area contributed by atoms with Crippen molar-refractivity contribution in [2.75, 3.05) is 14.2 Å². The number of carbonyl (C=O) groups excluding carboxylic acids is 1. The number of methoxy groups -OCH3 is 2. The van der Waals surface area contributed by atoms with Gasteiger partial charge in [-0.2, -0.15) is 0 Å². The highest BCUT2D eigenvalue weighted by Crippen LogP contribution is 2.35. The van der Waals surface area contributed by atoms with Gasteiger partial charge < -0.3 is 14.2 Å². The summed E-state index contributed by atoms with van der Waals surface area (Å²) in [6.07, 6.45) is 3.04. The molecule has 1 aromatic heterocycles. The molecule has 0 radical (unpaired) electrons. The molecule has 0 atom stereocenters. The van der Waals surface area contributed by atoms with Crippen LogP contribution in [0.5, 0.6) is 17.2 Å². The van der Waals surface area contributed by atoms with Crippen LogP contribution in [0.1, 0.15) is 12.5 Å². The van der Waals surface area contributed by atoms with E-state index >= 15 is 0 Å². The van der Waals surface area contributed by atoms with Crippen molar-refractivity contribution >= 4 is 28.6 Å². The number of hydrogen-bond donors (Lipinski definition) is 0. The van der Waals surface area contributed by atoms with Gasteiger partial charge in [-0.05, 0) is 31.2 Å². The number of esters is 1. The summed E-state index contributed by atoms with van der Waals surface area (Å²) in [6, 6.07) is 11.5. The largest absolute Gasteiger partial charge is 0.493 e. The van der Waals surface area contributed by atoms with E-state index in [0.717, 1.165) is 0 Å². The molecular weight excluding hydrogens is 376 g/mol. The average Bonchev–Trinajstić information content (AvgIpc) is 2.73. The van der Waals surface area contributed by atoms with Crippen molar-refractivity contribution < 1.29 is 23.9 Å². The maximum absolute atomic E-state index is 12.7. The average molecular weight is 394 g/mol. The Morgan fingerprint density at radius 3 is 2.55 bits per heavy atom. The van der Waals surface area contributed by atoms with Crippen LogP contribution in [0, 0.1) is 10.1 Å². The number of aromatic nitrogens is 1. The summed E-state index contributed by atoms with van der Waals surface area (Å²) in [7, 11) is 3.01. The normalized spacial score (nSPS) is 11.2. The molecule has 8 nitrogen and oxygen atoms in total.